The summed E-state index contributed by atoms with van der Waals surface area (Å²) < 4.78 is 13.3. The van der Waals surface area contributed by atoms with Crippen molar-refractivity contribution in [2.24, 2.45) is 0 Å². The van der Waals surface area contributed by atoms with Crippen LogP contribution in [0.1, 0.15) is 31.2 Å². The molecule has 1 atom stereocenters. The van der Waals surface area contributed by atoms with Crippen LogP contribution in [0.15, 0.2) is 18.2 Å². The Kier molecular flexibility index (Phi) is 5.46. The third-order valence-electron chi connectivity index (χ3n) is 3.56. The van der Waals surface area contributed by atoms with E-state index in [0.29, 0.717) is 11.1 Å². The van der Waals surface area contributed by atoms with Crippen LogP contribution in [0.5, 0.6) is 0 Å². The van der Waals surface area contributed by atoms with E-state index in [1.54, 1.807) is 12.1 Å². The zero-order valence-corrected chi connectivity index (χ0v) is 12.7. The van der Waals surface area contributed by atoms with Gasteiger partial charge in [0.05, 0.1) is 0 Å². The number of hydrogen-bond donors (Lipinski definition) is 0. The molecule has 1 aromatic carbocycles. The summed E-state index contributed by atoms with van der Waals surface area (Å²) in [6.45, 7) is 1.82. The van der Waals surface area contributed by atoms with Crippen LogP contribution in [0.25, 0.3) is 0 Å². The smallest absolute Gasteiger partial charge is 0.123 e. The molecule has 0 spiro atoms. The highest BCUT2D eigenvalue weighted by molar-refractivity contribution is 9.09. The van der Waals surface area contributed by atoms with Crippen LogP contribution >= 0.6 is 27.5 Å². The molecule has 1 aliphatic rings. The normalized spacial score (nSPS) is 21.8. The van der Waals surface area contributed by atoms with Crippen LogP contribution in [0.3, 0.4) is 0 Å². The van der Waals surface area contributed by atoms with Crippen molar-refractivity contribution < 1.29 is 4.39 Å². The van der Waals surface area contributed by atoms with Crippen molar-refractivity contribution in [3.05, 3.63) is 34.6 Å². The molecule has 2 rings (SSSR count). The average molecular weight is 335 g/mol. The minimum absolute atomic E-state index is 0.209. The van der Waals surface area contributed by atoms with Gasteiger partial charge in [0.25, 0.3) is 0 Å². The topological polar surface area (TPSA) is 3.24 Å². The lowest BCUT2D eigenvalue weighted by atomic mass is 10.1. The lowest BCUT2D eigenvalue weighted by Gasteiger charge is -2.28. The van der Waals surface area contributed by atoms with Crippen LogP contribution in [0.2, 0.25) is 5.02 Å². The zero-order valence-electron chi connectivity index (χ0n) is 10.3. The molecule has 1 saturated heterocycles. The summed E-state index contributed by atoms with van der Waals surface area (Å²) in [5.74, 6) is -0.209. The van der Waals surface area contributed by atoms with Gasteiger partial charge in [0.2, 0.25) is 0 Å². The second-order valence-electron chi connectivity index (χ2n) is 4.86. The molecule has 0 radical (unpaired) electrons. The molecule has 18 heavy (non-hydrogen) atoms. The van der Waals surface area contributed by atoms with E-state index in [0.717, 1.165) is 24.0 Å². The number of rotatable bonds is 3. The molecule has 1 fully saturated rings. The molecule has 1 nitrogen and oxygen atoms in total. The fourth-order valence-electron chi connectivity index (χ4n) is 2.50. The van der Waals surface area contributed by atoms with E-state index in [2.05, 4.69) is 20.8 Å². The van der Waals surface area contributed by atoms with E-state index in [4.69, 9.17) is 11.6 Å². The first kappa shape index (κ1) is 14.3. The molecule has 1 unspecified atom stereocenters. The highest BCUT2D eigenvalue weighted by Crippen LogP contribution is 2.24. The van der Waals surface area contributed by atoms with E-state index >= 15 is 0 Å². The lowest BCUT2D eigenvalue weighted by Crippen LogP contribution is -2.35. The van der Waals surface area contributed by atoms with Gasteiger partial charge in [-0.15, -0.1) is 0 Å². The van der Waals surface area contributed by atoms with Gasteiger partial charge >= 0.3 is 0 Å². The van der Waals surface area contributed by atoms with Crippen molar-refractivity contribution in [2.75, 3.05) is 11.9 Å². The van der Waals surface area contributed by atoms with Gasteiger partial charge in [-0.3, -0.25) is 4.90 Å². The second kappa shape index (κ2) is 6.88. The number of likely N-dealkylation sites (tertiary alicyclic amines) is 1. The number of alkyl halides is 1. The zero-order chi connectivity index (χ0) is 13.0. The van der Waals surface area contributed by atoms with E-state index in [1.807, 2.05) is 0 Å². The Morgan fingerprint density at radius 2 is 2.17 bits per heavy atom. The quantitative estimate of drug-likeness (QED) is 0.729. The standard InChI is InChI=1S/C14H18BrClFN/c15-9-13-4-2-1-3-7-18(13)10-11-8-12(17)5-6-14(11)16/h5-6,8,13H,1-4,7,9-10H2. The highest BCUT2D eigenvalue weighted by atomic mass is 79.9. The average Bonchev–Trinajstić information content (AvgIpc) is 2.59. The molecular weight excluding hydrogens is 317 g/mol. The van der Waals surface area contributed by atoms with Gasteiger partial charge in [0, 0.05) is 22.9 Å². The molecular formula is C14H18BrClFN. The minimum Gasteiger partial charge on any atom is -0.295 e. The van der Waals surface area contributed by atoms with Gasteiger partial charge in [-0.1, -0.05) is 40.4 Å². The molecule has 1 aromatic rings. The van der Waals surface area contributed by atoms with Crippen LogP contribution in [-0.2, 0) is 6.54 Å². The summed E-state index contributed by atoms with van der Waals surface area (Å²) in [5, 5.41) is 1.63. The van der Waals surface area contributed by atoms with Gasteiger partial charge < -0.3 is 0 Å². The predicted molar refractivity (Wildman–Crippen MR) is 77.9 cm³/mol. The highest BCUT2D eigenvalue weighted by Gasteiger charge is 2.20. The van der Waals surface area contributed by atoms with Crippen molar-refractivity contribution in [3.63, 3.8) is 0 Å². The molecule has 0 aliphatic carbocycles. The molecule has 1 aliphatic heterocycles. The molecule has 0 bridgehead atoms. The van der Waals surface area contributed by atoms with E-state index in [1.165, 1.54) is 31.7 Å². The maximum Gasteiger partial charge on any atom is 0.123 e. The summed E-state index contributed by atoms with van der Waals surface area (Å²) >= 11 is 9.73. The van der Waals surface area contributed by atoms with Crippen molar-refractivity contribution in [3.8, 4) is 0 Å². The van der Waals surface area contributed by atoms with Crippen LogP contribution in [0, 0.1) is 5.82 Å². The minimum atomic E-state index is -0.209. The summed E-state index contributed by atoms with van der Waals surface area (Å²) in [6.07, 6.45) is 5.00. The van der Waals surface area contributed by atoms with Gasteiger partial charge in [0.1, 0.15) is 5.82 Å². The van der Waals surface area contributed by atoms with E-state index in [-0.39, 0.29) is 5.82 Å². The molecule has 100 valence electrons. The second-order valence-corrected chi connectivity index (χ2v) is 5.92. The van der Waals surface area contributed by atoms with Crippen LogP contribution in [-0.4, -0.2) is 22.8 Å². The maximum absolute atomic E-state index is 13.3. The fraction of sp³-hybridized carbons (Fsp3) is 0.571. The lowest BCUT2D eigenvalue weighted by molar-refractivity contribution is 0.209. The van der Waals surface area contributed by atoms with Crippen molar-refractivity contribution >= 4 is 27.5 Å². The Balaban J connectivity index is 2.12. The first-order valence-corrected chi connectivity index (χ1v) is 7.94. The van der Waals surface area contributed by atoms with E-state index in [9.17, 15) is 4.39 Å². The van der Waals surface area contributed by atoms with Crippen molar-refractivity contribution in [1.82, 2.24) is 4.90 Å². The number of benzene rings is 1. The largest absolute Gasteiger partial charge is 0.295 e. The van der Waals surface area contributed by atoms with Crippen LogP contribution < -0.4 is 0 Å². The third-order valence-corrected chi connectivity index (χ3v) is 4.67. The summed E-state index contributed by atoms with van der Waals surface area (Å²) in [5.41, 5.74) is 0.893. The SMILES string of the molecule is Fc1ccc(Cl)c(CN2CCCCCC2CBr)c1. The predicted octanol–water partition coefficient (Wildman–Crippen LogP) is 4.62. The van der Waals surface area contributed by atoms with E-state index < -0.39 is 0 Å². The Hall–Kier alpha value is -0.120. The van der Waals surface area contributed by atoms with Gasteiger partial charge in [0.15, 0.2) is 0 Å². The molecule has 0 saturated carbocycles. The summed E-state index contributed by atoms with van der Waals surface area (Å²) in [6, 6.07) is 5.15. The first-order chi connectivity index (χ1) is 8.70. The molecule has 0 amide bonds. The molecule has 4 heteroatoms. The fourth-order valence-corrected chi connectivity index (χ4v) is 3.41. The Bertz CT molecular complexity index is 399. The van der Waals surface area contributed by atoms with Crippen molar-refractivity contribution in [2.45, 2.75) is 38.3 Å². The van der Waals surface area contributed by atoms with Crippen molar-refractivity contribution in [1.29, 1.82) is 0 Å². The summed E-state index contributed by atoms with van der Waals surface area (Å²) in [7, 11) is 0. The van der Waals surface area contributed by atoms with Gasteiger partial charge in [-0.25, -0.2) is 4.39 Å². The summed E-state index contributed by atoms with van der Waals surface area (Å²) in [4.78, 5) is 2.42. The molecule has 0 aromatic heterocycles. The Morgan fingerprint density at radius 1 is 1.33 bits per heavy atom. The monoisotopic (exact) mass is 333 g/mol. The number of halogens is 3. The van der Waals surface area contributed by atoms with Gasteiger partial charge in [-0.05, 0) is 43.1 Å². The maximum atomic E-state index is 13.3. The molecule has 1 heterocycles. The molecule has 0 N–H and O–H groups in total. The Morgan fingerprint density at radius 3 is 2.94 bits per heavy atom. The first-order valence-electron chi connectivity index (χ1n) is 6.44. The van der Waals surface area contributed by atoms with Crippen LogP contribution in [0.4, 0.5) is 4.39 Å². The third kappa shape index (κ3) is 3.69. The number of hydrogen-bond acceptors (Lipinski definition) is 1. The number of nitrogens with zero attached hydrogens (tertiary/aromatic N) is 1. The Labute approximate surface area is 121 Å². The van der Waals surface area contributed by atoms with Gasteiger partial charge in [-0.2, -0.15) is 0 Å².